The highest BCUT2D eigenvalue weighted by Gasteiger charge is 2.29. The van der Waals surface area contributed by atoms with Crippen LogP contribution in [0.4, 0.5) is 5.69 Å². The van der Waals surface area contributed by atoms with Gasteiger partial charge in [0.1, 0.15) is 0 Å². The Morgan fingerprint density at radius 1 is 0.621 bits per heavy atom. The molecule has 1 amide bonds. The van der Waals surface area contributed by atoms with Crippen molar-refractivity contribution in [3.8, 4) is 0 Å². The number of benzene rings is 4. The van der Waals surface area contributed by atoms with E-state index in [1.807, 2.05) is 36.4 Å². The van der Waals surface area contributed by atoms with Crippen molar-refractivity contribution in [1.82, 2.24) is 0 Å². The van der Waals surface area contributed by atoms with Gasteiger partial charge in [0.25, 0.3) is 5.91 Å². The average Bonchev–Trinajstić information content (AvgIpc) is 2.77. The molecule has 0 aliphatic heterocycles. The summed E-state index contributed by atoms with van der Waals surface area (Å²) >= 11 is 0. The van der Waals surface area contributed by atoms with Gasteiger partial charge in [0.2, 0.25) is 0 Å². The Balaban J connectivity index is 1.52. The van der Waals surface area contributed by atoms with Gasteiger partial charge in [-0.1, -0.05) is 60.7 Å². The fraction of sp³-hybridized carbons (Fsp3) is 0. The molecule has 0 bridgehead atoms. The third kappa shape index (κ3) is 2.74. The van der Waals surface area contributed by atoms with Crippen molar-refractivity contribution in [2.24, 2.45) is 0 Å². The molecule has 4 nitrogen and oxygen atoms in total. The topological polar surface area (TPSA) is 63.2 Å². The van der Waals surface area contributed by atoms with Crippen molar-refractivity contribution >= 4 is 33.9 Å². The second kappa shape index (κ2) is 6.53. The minimum Gasteiger partial charge on any atom is -0.322 e. The molecule has 1 N–H and O–H groups in total. The highest BCUT2D eigenvalue weighted by molar-refractivity contribution is 6.28. The Bertz CT molecular complexity index is 1330. The zero-order chi connectivity index (χ0) is 20.0. The SMILES string of the molecule is O=C1c2ccccc2C(=O)c2cc(NC(=O)c3cccc4ccccc34)ccc21. The number of ketones is 2. The summed E-state index contributed by atoms with van der Waals surface area (Å²) in [4.78, 5) is 38.5. The predicted molar refractivity (Wildman–Crippen MR) is 112 cm³/mol. The van der Waals surface area contributed by atoms with Gasteiger partial charge in [-0.15, -0.1) is 0 Å². The Kier molecular flexibility index (Phi) is 3.85. The van der Waals surface area contributed by atoms with Crippen LogP contribution in [-0.4, -0.2) is 17.5 Å². The number of anilines is 1. The summed E-state index contributed by atoms with van der Waals surface area (Å²) < 4.78 is 0. The number of hydrogen-bond acceptors (Lipinski definition) is 3. The van der Waals surface area contributed by atoms with E-state index in [0.29, 0.717) is 33.5 Å². The molecule has 0 heterocycles. The lowest BCUT2D eigenvalue weighted by atomic mass is 9.84. The van der Waals surface area contributed by atoms with Crippen molar-refractivity contribution in [1.29, 1.82) is 0 Å². The standard InChI is InChI=1S/C25H15NO3/c27-23-18-9-3-4-10-19(18)24(28)22-14-16(12-13-20(22)23)26-25(29)21-11-5-7-15-6-1-2-8-17(15)21/h1-14H,(H,26,29). The molecule has 0 fully saturated rings. The molecule has 0 saturated heterocycles. The minimum atomic E-state index is -0.267. The van der Waals surface area contributed by atoms with E-state index in [9.17, 15) is 14.4 Å². The van der Waals surface area contributed by atoms with Crippen LogP contribution in [0.3, 0.4) is 0 Å². The molecule has 0 saturated carbocycles. The summed E-state index contributed by atoms with van der Waals surface area (Å²) in [6, 6.07) is 24.8. The van der Waals surface area contributed by atoms with E-state index in [-0.39, 0.29) is 17.5 Å². The molecule has 138 valence electrons. The molecule has 1 aliphatic carbocycles. The van der Waals surface area contributed by atoms with Crippen LogP contribution in [0.25, 0.3) is 10.8 Å². The van der Waals surface area contributed by atoms with Crippen LogP contribution in [0.2, 0.25) is 0 Å². The first-order chi connectivity index (χ1) is 14.1. The van der Waals surface area contributed by atoms with Gasteiger partial charge >= 0.3 is 0 Å². The number of fused-ring (bicyclic) bond motifs is 3. The van der Waals surface area contributed by atoms with Crippen LogP contribution in [0.15, 0.2) is 84.9 Å². The molecule has 4 aromatic rings. The average molecular weight is 377 g/mol. The van der Waals surface area contributed by atoms with Gasteiger partial charge < -0.3 is 5.32 Å². The number of rotatable bonds is 2. The third-order valence-electron chi connectivity index (χ3n) is 5.22. The molecule has 0 radical (unpaired) electrons. The van der Waals surface area contributed by atoms with Gasteiger partial charge in [0.05, 0.1) is 0 Å². The van der Waals surface area contributed by atoms with Crippen LogP contribution in [0.5, 0.6) is 0 Å². The summed E-state index contributed by atoms with van der Waals surface area (Å²) in [5, 5.41) is 4.68. The summed E-state index contributed by atoms with van der Waals surface area (Å²) in [7, 11) is 0. The number of carbonyl (C=O) groups is 3. The minimum absolute atomic E-state index is 0.179. The molecule has 0 spiro atoms. The first kappa shape index (κ1) is 17.1. The largest absolute Gasteiger partial charge is 0.322 e. The normalized spacial score (nSPS) is 12.4. The van der Waals surface area contributed by atoms with Crippen LogP contribution < -0.4 is 5.32 Å². The second-order valence-electron chi connectivity index (χ2n) is 6.95. The molecule has 29 heavy (non-hydrogen) atoms. The van der Waals surface area contributed by atoms with Crippen molar-refractivity contribution < 1.29 is 14.4 Å². The number of nitrogens with one attached hydrogen (secondary N) is 1. The number of carbonyl (C=O) groups excluding carboxylic acids is 3. The molecular weight excluding hydrogens is 362 g/mol. The van der Waals surface area contributed by atoms with Crippen LogP contribution in [0.1, 0.15) is 42.2 Å². The fourth-order valence-corrected chi connectivity index (χ4v) is 3.80. The maximum atomic E-state index is 12.9. The zero-order valence-electron chi connectivity index (χ0n) is 15.3. The van der Waals surface area contributed by atoms with Gasteiger partial charge in [-0.05, 0) is 35.0 Å². The molecule has 5 rings (SSSR count). The van der Waals surface area contributed by atoms with E-state index < -0.39 is 0 Å². The summed E-state index contributed by atoms with van der Waals surface area (Å²) in [6.45, 7) is 0. The van der Waals surface area contributed by atoms with Crippen LogP contribution in [-0.2, 0) is 0 Å². The van der Waals surface area contributed by atoms with Gasteiger partial charge in [-0.2, -0.15) is 0 Å². The van der Waals surface area contributed by atoms with Gasteiger partial charge in [-0.3, -0.25) is 14.4 Å². The maximum Gasteiger partial charge on any atom is 0.256 e. The van der Waals surface area contributed by atoms with Crippen molar-refractivity contribution in [2.75, 3.05) is 5.32 Å². The van der Waals surface area contributed by atoms with Crippen molar-refractivity contribution in [2.45, 2.75) is 0 Å². The Morgan fingerprint density at radius 2 is 1.24 bits per heavy atom. The van der Waals surface area contributed by atoms with Crippen LogP contribution in [0, 0.1) is 0 Å². The quantitative estimate of drug-likeness (QED) is 0.477. The zero-order valence-corrected chi connectivity index (χ0v) is 15.3. The predicted octanol–water partition coefficient (Wildman–Crippen LogP) is 4.87. The Morgan fingerprint density at radius 3 is 2.03 bits per heavy atom. The maximum absolute atomic E-state index is 12.9. The van der Waals surface area contributed by atoms with E-state index in [4.69, 9.17) is 0 Å². The summed E-state index contributed by atoms with van der Waals surface area (Å²) in [5.74, 6) is -0.657. The van der Waals surface area contributed by atoms with Crippen molar-refractivity contribution in [3.63, 3.8) is 0 Å². The lowest BCUT2D eigenvalue weighted by Crippen LogP contribution is -2.21. The molecule has 1 aliphatic rings. The highest BCUT2D eigenvalue weighted by Crippen LogP contribution is 2.29. The summed E-state index contributed by atoms with van der Waals surface area (Å²) in [6.07, 6.45) is 0. The van der Waals surface area contributed by atoms with E-state index in [2.05, 4.69) is 5.32 Å². The second-order valence-corrected chi connectivity index (χ2v) is 6.95. The van der Waals surface area contributed by atoms with Gasteiger partial charge in [0, 0.05) is 33.5 Å². The Hall–Kier alpha value is -4.05. The lowest BCUT2D eigenvalue weighted by Gasteiger charge is -2.18. The number of hydrogen-bond donors (Lipinski definition) is 1. The smallest absolute Gasteiger partial charge is 0.256 e. The monoisotopic (exact) mass is 377 g/mol. The molecule has 0 atom stereocenters. The van der Waals surface area contributed by atoms with E-state index in [0.717, 1.165) is 10.8 Å². The third-order valence-corrected chi connectivity index (χ3v) is 5.22. The van der Waals surface area contributed by atoms with Gasteiger partial charge in [-0.25, -0.2) is 0 Å². The first-order valence-electron chi connectivity index (χ1n) is 9.25. The summed E-state index contributed by atoms with van der Waals surface area (Å²) in [5.41, 5.74) is 2.50. The van der Waals surface area contributed by atoms with Crippen molar-refractivity contribution in [3.05, 3.63) is 113 Å². The molecule has 0 unspecified atom stereocenters. The van der Waals surface area contributed by atoms with E-state index >= 15 is 0 Å². The first-order valence-corrected chi connectivity index (χ1v) is 9.25. The molecule has 4 aromatic carbocycles. The Labute approximate surface area is 166 Å². The number of amides is 1. The van der Waals surface area contributed by atoms with Gasteiger partial charge in [0.15, 0.2) is 11.6 Å². The van der Waals surface area contributed by atoms with E-state index in [1.54, 1.807) is 48.5 Å². The van der Waals surface area contributed by atoms with E-state index in [1.165, 1.54) is 0 Å². The highest BCUT2D eigenvalue weighted by atomic mass is 16.2. The molecule has 4 heteroatoms. The van der Waals surface area contributed by atoms with Crippen LogP contribution >= 0.6 is 0 Å². The molecule has 0 aromatic heterocycles. The lowest BCUT2D eigenvalue weighted by molar-refractivity contribution is 0.0979. The molecular formula is C25H15NO3. The fourth-order valence-electron chi connectivity index (χ4n) is 3.80.